The van der Waals surface area contributed by atoms with Gasteiger partial charge in [0, 0.05) is 38.8 Å². The lowest BCUT2D eigenvalue weighted by atomic mass is 9.72. The first-order valence-electron chi connectivity index (χ1n) is 10.0. The van der Waals surface area contributed by atoms with E-state index in [1.807, 2.05) is 0 Å². The first kappa shape index (κ1) is 21.1. The van der Waals surface area contributed by atoms with Gasteiger partial charge in [-0.05, 0) is 49.1 Å². The average Bonchev–Trinajstić information content (AvgIpc) is 3.44. The minimum absolute atomic E-state index is 0.0435. The molecule has 0 N–H and O–H groups in total. The van der Waals surface area contributed by atoms with E-state index in [2.05, 4.69) is 0 Å². The summed E-state index contributed by atoms with van der Waals surface area (Å²) in [6, 6.07) is 4.41. The van der Waals surface area contributed by atoms with Crippen LogP contribution in [-0.4, -0.2) is 52.2 Å². The minimum atomic E-state index is -4.73. The van der Waals surface area contributed by atoms with Gasteiger partial charge in [-0.3, -0.25) is 0 Å². The van der Waals surface area contributed by atoms with Crippen molar-refractivity contribution < 1.29 is 31.1 Å². The lowest BCUT2D eigenvalue weighted by Crippen LogP contribution is -2.39. The van der Waals surface area contributed by atoms with Crippen LogP contribution in [0.2, 0.25) is 0 Å². The Morgan fingerprint density at radius 2 is 1.83 bits per heavy atom. The minimum Gasteiger partial charge on any atom is -0.381 e. The van der Waals surface area contributed by atoms with Gasteiger partial charge in [0.25, 0.3) is 0 Å². The predicted molar refractivity (Wildman–Crippen MR) is 99.7 cm³/mol. The number of hydrogen-bond donors (Lipinski definition) is 0. The molecule has 5 nitrogen and oxygen atoms in total. The second-order valence-electron chi connectivity index (χ2n) is 8.44. The lowest BCUT2D eigenvalue weighted by molar-refractivity contribution is -0.139. The molecule has 2 heterocycles. The van der Waals surface area contributed by atoms with E-state index in [-0.39, 0.29) is 24.4 Å². The fourth-order valence-electron chi connectivity index (χ4n) is 4.47. The maximum atomic E-state index is 13.4. The third-order valence-corrected chi connectivity index (χ3v) is 8.32. The Balaban J connectivity index is 1.59. The first-order chi connectivity index (χ1) is 13.7. The molecule has 1 aromatic carbocycles. The third kappa shape index (κ3) is 4.33. The molecule has 1 spiro atoms. The molecule has 1 atom stereocenters. The zero-order valence-electron chi connectivity index (χ0n) is 16.2. The Kier molecular flexibility index (Phi) is 5.69. The number of sulfonamides is 1. The second kappa shape index (κ2) is 7.83. The van der Waals surface area contributed by atoms with Crippen molar-refractivity contribution in [2.24, 2.45) is 17.3 Å². The van der Waals surface area contributed by atoms with Crippen LogP contribution in [0.1, 0.15) is 31.2 Å². The highest BCUT2D eigenvalue weighted by Gasteiger charge is 2.51. The maximum Gasteiger partial charge on any atom is 0.417 e. The Labute approximate surface area is 169 Å². The van der Waals surface area contributed by atoms with E-state index in [0.29, 0.717) is 45.2 Å². The van der Waals surface area contributed by atoms with Crippen LogP contribution in [0.25, 0.3) is 0 Å². The number of alkyl halides is 3. The van der Waals surface area contributed by atoms with Gasteiger partial charge in [-0.15, -0.1) is 0 Å². The number of halogens is 3. The molecule has 162 valence electrons. The molecule has 3 fully saturated rings. The topological polar surface area (TPSA) is 55.8 Å². The van der Waals surface area contributed by atoms with Crippen LogP contribution in [0, 0.1) is 17.3 Å². The van der Waals surface area contributed by atoms with Crippen molar-refractivity contribution in [3.05, 3.63) is 29.8 Å². The smallest absolute Gasteiger partial charge is 0.381 e. The number of ether oxygens (including phenoxy) is 2. The summed E-state index contributed by atoms with van der Waals surface area (Å²) in [5, 5.41) is 0. The SMILES string of the molecule is O=S(=O)(c1ccccc1C(F)(F)F)N1CC(COCC2CC2)C2(CCOCC2)C1. The van der Waals surface area contributed by atoms with Crippen molar-refractivity contribution in [2.75, 3.05) is 39.5 Å². The molecule has 1 aromatic rings. The van der Waals surface area contributed by atoms with Crippen molar-refractivity contribution in [3.8, 4) is 0 Å². The van der Waals surface area contributed by atoms with Crippen LogP contribution in [0.5, 0.6) is 0 Å². The first-order valence-corrected chi connectivity index (χ1v) is 11.5. The van der Waals surface area contributed by atoms with Crippen LogP contribution in [0.3, 0.4) is 0 Å². The molecule has 3 aliphatic rings. The average molecular weight is 433 g/mol. The lowest BCUT2D eigenvalue weighted by Gasteiger charge is -2.38. The molecule has 4 rings (SSSR count). The van der Waals surface area contributed by atoms with Crippen LogP contribution in [-0.2, 0) is 25.7 Å². The number of benzene rings is 1. The fourth-order valence-corrected chi connectivity index (χ4v) is 6.26. The summed E-state index contributed by atoms with van der Waals surface area (Å²) in [6.07, 6.45) is -1.02. The molecule has 29 heavy (non-hydrogen) atoms. The van der Waals surface area contributed by atoms with Crippen LogP contribution < -0.4 is 0 Å². The fraction of sp³-hybridized carbons (Fsp3) is 0.700. The molecule has 0 amide bonds. The molecule has 2 aliphatic heterocycles. The molecule has 0 aromatic heterocycles. The van der Waals surface area contributed by atoms with Crippen molar-refractivity contribution in [1.82, 2.24) is 4.31 Å². The third-order valence-electron chi connectivity index (χ3n) is 6.45. The highest BCUT2D eigenvalue weighted by Crippen LogP contribution is 2.47. The van der Waals surface area contributed by atoms with E-state index >= 15 is 0 Å². The molecular weight excluding hydrogens is 407 g/mol. The van der Waals surface area contributed by atoms with E-state index in [1.54, 1.807) is 0 Å². The Morgan fingerprint density at radius 1 is 1.14 bits per heavy atom. The molecule has 2 saturated heterocycles. The number of hydrogen-bond acceptors (Lipinski definition) is 4. The molecule has 0 bridgehead atoms. The van der Waals surface area contributed by atoms with Gasteiger partial charge < -0.3 is 9.47 Å². The number of rotatable bonds is 6. The standard InChI is InChI=1S/C20H26F3NO4S/c21-20(22,23)17-3-1-2-4-18(17)29(25,26)24-11-16(13-28-12-15-5-6-15)19(14-24)7-9-27-10-8-19/h1-4,15-16H,5-14H2. The quantitative estimate of drug-likeness (QED) is 0.689. The van der Waals surface area contributed by atoms with E-state index in [9.17, 15) is 21.6 Å². The van der Waals surface area contributed by atoms with Gasteiger partial charge >= 0.3 is 6.18 Å². The van der Waals surface area contributed by atoms with Gasteiger partial charge in [-0.25, -0.2) is 8.42 Å². The van der Waals surface area contributed by atoms with E-state index in [1.165, 1.54) is 29.3 Å². The second-order valence-corrected chi connectivity index (χ2v) is 10.4. The molecular formula is C20H26F3NO4S. The summed E-state index contributed by atoms with van der Waals surface area (Å²) in [5.74, 6) is 0.554. The van der Waals surface area contributed by atoms with Gasteiger partial charge in [0.1, 0.15) is 0 Å². The van der Waals surface area contributed by atoms with Crippen molar-refractivity contribution in [3.63, 3.8) is 0 Å². The highest BCUT2D eigenvalue weighted by atomic mass is 32.2. The van der Waals surface area contributed by atoms with Crippen LogP contribution in [0.15, 0.2) is 29.2 Å². The molecule has 1 aliphatic carbocycles. The predicted octanol–water partition coefficient (Wildman–Crippen LogP) is 3.55. The van der Waals surface area contributed by atoms with Crippen LogP contribution in [0.4, 0.5) is 13.2 Å². The van der Waals surface area contributed by atoms with E-state index in [4.69, 9.17) is 9.47 Å². The van der Waals surface area contributed by atoms with Gasteiger partial charge in [-0.2, -0.15) is 17.5 Å². The summed E-state index contributed by atoms with van der Waals surface area (Å²) < 4.78 is 79.3. The zero-order valence-corrected chi connectivity index (χ0v) is 17.0. The Bertz CT molecular complexity index is 832. The summed E-state index contributed by atoms with van der Waals surface area (Å²) in [5.41, 5.74) is -1.42. The Hall–Kier alpha value is -1.16. The van der Waals surface area contributed by atoms with Crippen molar-refractivity contribution >= 4 is 10.0 Å². The van der Waals surface area contributed by atoms with Gasteiger partial charge in [0.2, 0.25) is 10.0 Å². The summed E-state index contributed by atoms with van der Waals surface area (Å²) in [4.78, 5) is -0.672. The maximum absolute atomic E-state index is 13.4. The van der Waals surface area contributed by atoms with Gasteiger partial charge in [0.15, 0.2) is 0 Å². The largest absolute Gasteiger partial charge is 0.417 e. The summed E-state index contributed by atoms with van der Waals surface area (Å²) >= 11 is 0. The normalized spacial score (nSPS) is 25.6. The van der Waals surface area contributed by atoms with Crippen molar-refractivity contribution in [2.45, 2.75) is 36.8 Å². The van der Waals surface area contributed by atoms with Gasteiger partial charge in [-0.1, -0.05) is 12.1 Å². The summed E-state index contributed by atoms with van der Waals surface area (Å²) in [7, 11) is -4.27. The summed E-state index contributed by atoms with van der Waals surface area (Å²) in [6.45, 7) is 2.57. The van der Waals surface area contributed by atoms with Gasteiger partial charge in [0.05, 0.1) is 17.1 Å². The zero-order chi connectivity index (χ0) is 20.7. The monoisotopic (exact) mass is 433 g/mol. The number of nitrogens with zero attached hydrogens (tertiary/aromatic N) is 1. The highest BCUT2D eigenvalue weighted by molar-refractivity contribution is 7.89. The molecule has 9 heteroatoms. The van der Waals surface area contributed by atoms with Crippen molar-refractivity contribution in [1.29, 1.82) is 0 Å². The molecule has 0 radical (unpaired) electrons. The van der Waals surface area contributed by atoms with E-state index in [0.717, 1.165) is 12.1 Å². The molecule has 1 saturated carbocycles. The van der Waals surface area contributed by atoms with Crippen LogP contribution >= 0.6 is 0 Å². The molecule has 1 unspecified atom stereocenters. The van der Waals surface area contributed by atoms with E-state index < -0.39 is 26.7 Å². The Morgan fingerprint density at radius 3 is 2.48 bits per heavy atom.